The molecule has 0 bridgehead atoms. The lowest BCUT2D eigenvalue weighted by Crippen LogP contribution is -2.44. The van der Waals surface area contributed by atoms with Crippen LogP contribution in [0.3, 0.4) is 0 Å². The molecular weight excluding hydrogens is 412 g/mol. The smallest absolute Gasteiger partial charge is 0.319 e. The van der Waals surface area contributed by atoms with Crippen LogP contribution in [0.5, 0.6) is 5.75 Å². The van der Waals surface area contributed by atoms with E-state index in [1.807, 2.05) is 6.07 Å². The monoisotopic (exact) mass is 434 g/mol. The average Bonchev–Trinajstić information content (AvgIpc) is 2.79. The van der Waals surface area contributed by atoms with E-state index in [9.17, 15) is 19.2 Å². The maximum Gasteiger partial charge on any atom is 0.319 e. The molecule has 1 aliphatic heterocycles. The minimum atomic E-state index is -0.721. The van der Waals surface area contributed by atoms with E-state index >= 15 is 0 Å². The van der Waals surface area contributed by atoms with Gasteiger partial charge in [0.15, 0.2) is 0 Å². The molecule has 1 unspecified atom stereocenters. The molecule has 2 aromatic carbocycles. The van der Waals surface area contributed by atoms with Crippen LogP contribution in [0, 0.1) is 0 Å². The topological polar surface area (TPSA) is 119 Å². The molecule has 9 nitrogen and oxygen atoms in total. The molecule has 9 heteroatoms. The van der Waals surface area contributed by atoms with Crippen LogP contribution < -0.4 is 26.2 Å². The van der Waals surface area contributed by atoms with Crippen molar-refractivity contribution < 1.29 is 19.1 Å². The fourth-order valence-electron chi connectivity index (χ4n) is 3.64. The molecule has 0 saturated carbocycles. The van der Waals surface area contributed by atoms with Crippen molar-refractivity contribution in [2.45, 2.75) is 25.4 Å². The number of urea groups is 1. The minimum absolute atomic E-state index is 0.189. The highest BCUT2D eigenvalue weighted by Gasteiger charge is 2.28. The number of imide groups is 1. The molecule has 1 atom stereocenters. The number of nitrogens with zero attached hydrogens (tertiary/aromatic N) is 1. The number of carbonyl (C=O) groups excluding carboxylic acids is 3. The van der Waals surface area contributed by atoms with Gasteiger partial charge >= 0.3 is 6.03 Å². The summed E-state index contributed by atoms with van der Waals surface area (Å²) < 4.78 is 6.45. The van der Waals surface area contributed by atoms with Gasteiger partial charge in [0.2, 0.25) is 11.8 Å². The van der Waals surface area contributed by atoms with Crippen molar-refractivity contribution in [1.29, 1.82) is 0 Å². The summed E-state index contributed by atoms with van der Waals surface area (Å²) in [5, 5.41) is 8.93. The van der Waals surface area contributed by atoms with Gasteiger partial charge in [-0.05, 0) is 53.8 Å². The van der Waals surface area contributed by atoms with Crippen molar-refractivity contribution in [3.63, 3.8) is 0 Å². The lowest BCUT2D eigenvalue weighted by atomic mass is 10.0. The second kappa shape index (κ2) is 8.93. The largest absolute Gasteiger partial charge is 0.497 e. The third kappa shape index (κ3) is 4.46. The Morgan fingerprint density at radius 3 is 2.62 bits per heavy atom. The molecule has 0 aliphatic carbocycles. The number of hydrogen-bond acceptors (Lipinski definition) is 5. The van der Waals surface area contributed by atoms with Gasteiger partial charge in [0.05, 0.1) is 7.11 Å². The second-order valence-electron chi connectivity index (χ2n) is 7.45. The third-order valence-electron chi connectivity index (χ3n) is 5.34. The number of piperidine rings is 1. The van der Waals surface area contributed by atoms with Crippen LogP contribution in [0.4, 0.5) is 10.5 Å². The van der Waals surface area contributed by atoms with Crippen molar-refractivity contribution in [2.24, 2.45) is 0 Å². The predicted molar refractivity (Wildman–Crippen MR) is 118 cm³/mol. The van der Waals surface area contributed by atoms with E-state index in [-0.39, 0.29) is 36.9 Å². The zero-order valence-corrected chi connectivity index (χ0v) is 17.4. The van der Waals surface area contributed by atoms with Crippen molar-refractivity contribution >= 4 is 34.3 Å². The zero-order chi connectivity index (χ0) is 22.7. The summed E-state index contributed by atoms with van der Waals surface area (Å²) >= 11 is 0. The second-order valence-corrected chi connectivity index (χ2v) is 7.45. The van der Waals surface area contributed by atoms with Crippen LogP contribution in [-0.4, -0.2) is 29.5 Å². The number of carbonyl (C=O) groups is 3. The Bertz CT molecular complexity index is 1250. The first-order chi connectivity index (χ1) is 15.4. The summed E-state index contributed by atoms with van der Waals surface area (Å²) in [5.41, 5.74) is 1.04. The van der Waals surface area contributed by atoms with Crippen LogP contribution in [-0.2, 0) is 16.1 Å². The van der Waals surface area contributed by atoms with Gasteiger partial charge < -0.3 is 19.9 Å². The number of amides is 4. The molecule has 0 spiro atoms. The number of aromatic nitrogens is 1. The number of anilines is 1. The number of nitrogens with one attached hydrogen (secondary N) is 3. The first-order valence-corrected chi connectivity index (χ1v) is 10.1. The quantitative estimate of drug-likeness (QED) is 0.533. The van der Waals surface area contributed by atoms with Crippen LogP contribution in [0.25, 0.3) is 10.8 Å². The lowest BCUT2D eigenvalue weighted by molar-refractivity contribution is -0.135. The first kappa shape index (κ1) is 21.1. The SMILES string of the molecule is COc1ccc(NC(=O)NCc2ccc3ccn(C4CCC(=O)NC4=O)c(=O)c3c2)cc1. The molecule has 4 amide bonds. The van der Waals surface area contributed by atoms with Crippen molar-refractivity contribution in [2.75, 3.05) is 12.4 Å². The summed E-state index contributed by atoms with van der Waals surface area (Å²) in [6.07, 6.45) is 2.04. The van der Waals surface area contributed by atoms with E-state index in [2.05, 4.69) is 16.0 Å². The molecular formula is C23H22N4O5. The van der Waals surface area contributed by atoms with E-state index < -0.39 is 11.9 Å². The number of ether oxygens (including phenoxy) is 1. The maximum atomic E-state index is 13.0. The number of pyridine rings is 1. The molecule has 1 fully saturated rings. The Morgan fingerprint density at radius 2 is 1.91 bits per heavy atom. The normalized spacial score (nSPS) is 15.8. The average molecular weight is 434 g/mol. The van der Waals surface area contributed by atoms with Gasteiger partial charge in [-0.25, -0.2) is 4.79 Å². The Labute approximate surface area is 183 Å². The highest BCUT2D eigenvalue weighted by Crippen LogP contribution is 2.20. The highest BCUT2D eigenvalue weighted by atomic mass is 16.5. The number of hydrogen-bond donors (Lipinski definition) is 3. The van der Waals surface area contributed by atoms with Crippen LogP contribution in [0.2, 0.25) is 0 Å². The summed E-state index contributed by atoms with van der Waals surface area (Å²) in [7, 11) is 1.57. The first-order valence-electron chi connectivity index (χ1n) is 10.1. The number of fused-ring (bicyclic) bond motifs is 1. The van der Waals surface area contributed by atoms with E-state index in [0.717, 1.165) is 10.9 Å². The third-order valence-corrected chi connectivity index (χ3v) is 5.34. The lowest BCUT2D eigenvalue weighted by Gasteiger charge is -2.23. The number of rotatable bonds is 5. The molecule has 1 aromatic heterocycles. The summed E-state index contributed by atoms with van der Waals surface area (Å²) in [6, 6.07) is 12.9. The van der Waals surface area contributed by atoms with Crippen molar-refractivity contribution in [1.82, 2.24) is 15.2 Å². The minimum Gasteiger partial charge on any atom is -0.497 e. The fraction of sp³-hybridized carbons (Fsp3) is 0.217. The molecule has 4 rings (SSSR count). The Balaban J connectivity index is 1.48. The van der Waals surface area contributed by atoms with Crippen LogP contribution >= 0.6 is 0 Å². The van der Waals surface area contributed by atoms with Crippen molar-refractivity contribution in [3.05, 3.63) is 70.6 Å². The van der Waals surface area contributed by atoms with Gasteiger partial charge in [-0.15, -0.1) is 0 Å². The highest BCUT2D eigenvalue weighted by molar-refractivity contribution is 5.99. The Kier molecular flexibility index (Phi) is 5.89. The van der Waals surface area contributed by atoms with Gasteiger partial charge in [0.25, 0.3) is 5.56 Å². The summed E-state index contributed by atoms with van der Waals surface area (Å²) in [5.74, 6) is -0.118. The van der Waals surface area contributed by atoms with E-state index in [1.165, 1.54) is 4.57 Å². The number of methoxy groups -OCH3 is 1. The van der Waals surface area contributed by atoms with Gasteiger partial charge in [-0.2, -0.15) is 0 Å². The molecule has 1 aliphatic rings. The van der Waals surface area contributed by atoms with Crippen LogP contribution in [0.15, 0.2) is 59.5 Å². The van der Waals surface area contributed by atoms with E-state index in [4.69, 9.17) is 4.74 Å². The van der Waals surface area contributed by atoms with Gasteiger partial charge in [-0.1, -0.05) is 12.1 Å². The summed E-state index contributed by atoms with van der Waals surface area (Å²) in [6.45, 7) is 0.213. The van der Waals surface area contributed by atoms with Gasteiger partial charge in [0, 0.05) is 30.2 Å². The van der Waals surface area contributed by atoms with E-state index in [1.54, 1.807) is 55.8 Å². The van der Waals surface area contributed by atoms with Gasteiger partial charge in [-0.3, -0.25) is 19.7 Å². The summed E-state index contributed by atoms with van der Waals surface area (Å²) in [4.78, 5) is 48.8. The molecule has 3 aromatic rings. The molecule has 2 heterocycles. The fourth-order valence-corrected chi connectivity index (χ4v) is 3.64. The zero-order valence-electron chi connectivity index (χ0n) is 17.4. The molecule has 164 valence electrons. The molecule has 1 saturated heterocycles. The maximum absolute atomic E-state index is 13.0. The number of benzene rings is 2. The molecule has 3 N–H and O–H groups in total. The van der Waals surface area contributed by atoms with Crippen molar-refractivity contribution in [3.8, 4) is 5.75 Å². The predicted octanol–water partition coefficient (Wildman–Crippen LogP) is 2.31. The Morgan fingerprint density at radius 1 is 1.12 bits per heavy atom. The molecule has 32 heavy (non-hydrogen) atoms. The van der Waals surface area contributed by atoms with E-state index in [0.29, 0.717) is 16.8 Å². The Hall–Kier alpha value is -4.14. The van der Waals surface area contributed by atoms with Crippen LogP contribution in [0.1, 0.15) is 24.4 Å². The van der Waals surface area contributed by atoms with Gasteiger partial charge in [0.1, 0.15) is 11.8 Å². The molecule has 0 radical (unpaired) electrons. The standard InChI is InChI=1S/C23H22N4O5/c1-32-17-6-4-16(5-7-17)25-23(31)24-13-14-2-3-15-10-11-27(22(30)18(15)12-14)19-8-9-20(28)26-21(19)29/h2-7,10-12,19H,8-9,13H2,1H3,(H2,24,25,31)(H,26,28,29).